The van der Waals surface area contributed by atoms with Crippen molar-refractivity contribution >= 4 is 11.9 Å². The number of aromatic nitrogens is 1. The summed E-state index contributed by atoms with van der Waals surface area (Å²) in [6, 6.07) is 15.5. The molecule has 0 bridgehead atoms. The summed E-state index contributed by atoms with van der Waals surface area (Å²) in [7, 11) is 3.87. The zero-order valence-electron chi connectivity index (χ0n) is 15.5. The van der Waals surface area contributed by atoms with Crippen molar-refractivity contribution in [1.29, 1.82) is 5.26 Å². The van der Waals surface area contributed by atoms with Gasteiger partial charge >= 0.3 is 0 Å². The number of hydrogen-bond acceptors (Lipinski definition) is 3. The molecule has 0 atom stereocenters. The molecule has 28 heavy (non-hydrogen) atoms. The molecule has 1 aliphatic carbocycles. The van der Waals surface area contributed by atoms with Crippen LogP contribution in [0.2, 0.25) is 0 Å². The van der Waals surface area contributed by atoms with Crippen molar-refractivity contribution in [3.05, 3.63) is 82.9 Å². The highest BCUT2D eigenvalue weighted by atomic mass is 19.1. The second kappa shape index (κ2) is 6.84. The van der Waals surface area contributed by atoms with E-state index in [1.807, 2.05) is 32.4 Å². The lowest BCUT2D eigenvalue weighted by Crippen LogP contribution is -3.00. The number of halogens is 1. The van der Waals surface area contributed by atoms with E-state index in [0.717, 1.165) is 4.90 Å². The number of nitrogens with zero attached hydrogens (tertiary/aromatic N) is 2. The number of nitriles is 1. The van der Waals surface area contributed by atoms with Gasteiger partial charge in [0.05, 0.1) is 42.8 Å². The Hall–Kier alpha value is -3.62. The molecule has 4 nitrogen and oxygen atoms in total. The molecule has 0 radical (unpaired) electrons. The van der Waals surface area contributed by atoms with E-state index in [1.54, 1.807) is 36.4 Å². The average molecular weight is 370 g/mol. The summed E-state index contributed by atoms with van der Waals surface area (Å²) in [6.07, 6.45) is 3.59. The highest BCUT2D eigenvalue weighted by Gasteiger charge is 2.34. The lowest BCUT2D eigenvalue weighted by Gasteiger charge is -2.13. The molecule has 2 aromatic carbocycles. The minimum Gasteiger partial charge on any atom is -0.313 e. The topological polar surface area (TPSA) is 58.2 Å². The molecule has 0 aliphatic heterocycles. The molecule has 3 aromatic rings. The van der Waals surface area contributed by atoms with Crippen LogP contribution >= 0.6 is 0 Å². The second-order valence-corrected chi connectivity index (χ2v) is 6.85. The minimum atomic E-state index is -0.482. The van der Waals surface area contributed by atoms with Gasteiger partial charge in [0.25, 0.3) is 0 Å². The smallest absolute Gasteiger partial charge is 0.196 e. The first-order valence-corrected chi connectivity index (χ1v) is 8.88. The van der Waals surface area contributed by atoms with Gasteiger partial charge in [-0.2, -0.15) is 5.26 Å². The quantitative estimate of drug-likeness (QED) is 0.603. The number of quaternary nitrogens is 1. The fourth-order valence-electron chi connectivity index (χ4n) is 3.45. The molecule has 0 unspecified atom stereocenters. The number of rotatable bonds is 3. The summed E-state index contributed by atoms with van der Waals surface area (Å²) in [5, 5.41) is 9.89. The molecule has 136 valence electrons. The first-order chi connectivity index (χ1) is 13.5. The maximum atomic E-state index is 14.7. The van der Waals surface area contributed by atoms with E-state index in [9.17, 15) is 14.4 Å². The molecule has 0 saturated carbocycles. The Kier molecular flexibility index (Phi) is 4.34. The van der Waals surface area contributed by atoms with Crippen LogP contribution in [0.25, 0.3) is 28.5 Å². The molecule has 0 spiro atoms. The number of ketones is 1. The van der Waals surface area contributed by atoms with Crippen LogP contribution in [0.15, 0.2) is 54.7 Å². The predicted octanol–water partition coefficient (Wildman–Crippen LogP) is 3.09. The maximum absolute atomic E-state index is 14.7. The molecule has 0 fully saturated rings. The number of benzene rings is 2. The van der Waals surface area contributed by atoms with Crippen molar-refractivity contribution in [3.63, 3.8) is 0 Å². The Morgan fingerprint density at radius 2 is 1.64 bits per heavy atom. The van der Waals surface area contributed by atoms with Crippen LogP contribution in [-0.4, -0.2) is 24.9 Å². The summed E-state index contributed by atoms with van der Waals surface area (Å²) in [6.45, 7) is 0. The van der Waals surface area contributed by atoms with Crippen LogP contribution < -0.4 is 4.90 Å². The van der Waals surface area contributed by atoms with Crippen molar-refractivity contribution in [2.45, 2.75) is 0 Å². The van der Waals surface area contributed by atoms with Crippen LogP contribution in [-0.2, 0) is 0 Å². The van der Waals surface area contributed by atoms with Gasteiger partial charge in [-0.1, -0.05) is 42.5 Å². The molecule has 4 rings (SSSR count). The number of carbonyl (C=O) groups excluding carboxylic acids is 1. The zero-order chi connectivity index (χ0) is 19.8. The summed E-state index contributed by atoms with van der Waals surface area (Å²) in [5.41, 5.74) is 3.16. The third kappa shape index (κ3) is 2.72. The van der Waals surface area contributed by atoms with E-state index in [1.165, 1.54) is 6.07 Å². The summed E-state index contributed by atoms with van der Waals surface area (Å²) >= 11 is 0. The van der Waals surface area contributed by atoms with E-state index in [0.29, 0.717) is 28.1 Å². The molecule has 1 heterocycles. The summed E-state index contributed by atoms with van der Waals surface area (Å²) in [4.78, 5) is 18.8. The van der Waals surface area contributed by atoms with Crippen LogP contribution in [0.1, 0.15) is 27.2 Å². The first kappa shape index (κ1) is 17.8. The van der Waals surface area contributed by atoms with E-state index >= 15 is 0 Å². The molecule has 0 amide bonds. The Bertz CT molecular complexity index is 1190. The van der Waals surface area contributed by atoms with Crippen molar-refractivity contribution in [3.8, 4) is 28.5 Å². The van der Waals surface area contributed by atoms with E-state index < -0.39 is 5.82 Å². The third-order valence-corrected chi connectivity index (χ3v) is 4.71. The number of nitrogens with one attached hydrogen (secondary N) is 1. The first-order valence-electron chi connectivity index (χ1n) is 8.88. The van der Waals surface area contributed by atoms with Gasteiger partial charge in [-0.3, -0.25) is 4.79 Å². The Morgan fingerprint density at radius 3 is 2.29 bits per heavy atom. The summed E-state index contributed by atoms with van der Waals surface area (Å²) in [5.74, 6) is -0.717. The fourth-order valence-corrected chi connectivity index (χ4v) is 3.45. The molecule has 1 aromatic heterocycles. The highest BCUT2D eigenvalue weighted by Crippen LogP contribution is 2.43. The Labute approximate surface area is 162 Å². The monoisotopic (exact) mass is 370 g/mol. The van der Waals surface area contributed by atoms with E-state index in [2.05, 4.69) is 11.1 Å². The maximum Gasteiger partial charge on any atom is 0.196 e. The van der Waals surface area contributed by atoms with Crippen molar-refractivity contribution in [2.24, 2.45) is 0 Å². The van der Waals surface area contributed by atoms with Crippen LogP contribution in [0.5, 0.6) is 0 Å². The molecule has 1 N–H and O–H groups in total. The van der Waals surface area contributed by atoms with Crippen molar-refractivity contribution in [1.82, 2.24) is 4.98 Å². The minimum absolute atomic E-state index is 0.197. The SMILES string of the molecule is C[NH+](C)/C=C/c1nc2c(c(-c3ccccc3F)c1C#N)C(=O)c1ccccc1-2. The number of pyridine rings is 1. The number of fused-ring (bicyclic) bond motifs is 3. The fraction of sp³-hybridized carbons (Fsp3) is 0.0870. The number of carbonyl (C=O) groups is 1. The van der Waals surface area contributed by atoms with Gasteiger partial charge in [0, 0.05) is 28.3 Å². The van der Waals surface area contributed by atoms with Gasteiger partial charge in [0.15, 0.2) is 5.78 Å². The lowest BCUT2D eigenvalue weighted by molar-refractivity contribution is -0.800. The molecule has 5 heteroatoms. The molecule has 0 saturated heterocycles. The van der Waals surface area contributed by atoms with Gasteiger partial charge in [-0.25, -0.2) is 9.37 Å². The third-order valence-electron chi connectivity index (χ3n) is 4.71. The van der Waals surface area contributed by atoms with Crippen LogP contribution in [0.3, 0.4) is 0 Å². The Morgan fingerprint density at radius 1 is 1.00 bits per heavy atom. The van der Waals surface area contributed by atoms with E-state index in [4.69, 9.17) is 0 Å². The molecule has 1 aliphatic rings. The molecular weight excluding hydrogens is 353 g/mol. The predicted molar refractivity (Wildman–Crippen MR) is 105 cm³/mol. The lowest BCUT2D eigenvalue weighted by atomic mass is 9.92. The number of hydrogen-bond donors (Lipinski definition) is 1. The van der Waals surface area contributed by atoms with Gasteiger partial charge in [0.1, 0.15) is 11.9 Å². The second-order valence-electron chi connectivity index (χ2n) is 6.85. The average Bonchev–Trinajstić information content (AvgIpc) is 2.98. The van der Waals surface area contributed by atoms with Crippen LogP contribution in [0.4, 0.5) is 4.39 Å². The van der Waals surface area contributed by atoms with Crippen molar-refractivity contribution in [2.75, 3.05) is 14.1 Å². The largest absolute Gasteiger partial charge is 0.313 e. The normalized spacial score (nSPS) is 12.3. The van der Waals surface area contributed by atoms with E-state index in [-0.39, 0.29) is 22.5 Å². The standard InChI is InChI=1S/C23H16FN3O/c1-27(2)12-11-19-17(13-25)20(16-9-5-6-10-18(16)24)21-22(26-19)14-7-3-4-8-15(14)23(21)28/h3-12H,1-2H3/p+1/b12-11+. The van der Waals surface area contributed by atoms with Crippen molar-refractivity contribution < 1.29 is 14.1 Å². The highest BCUT2D eigenvalue weighted by molar-refractivity contribution is 6.24. The van der Waals surface area contributed by atoms with Gasteiger partial charge in [0.2, 0.25) is 0 Å². The zero-order valence-corrected chi connectivity index (χ0v) is 15.5. The van der Waals surface area contributed by atoms with Gasteiger partial charge in [-0.15, -0.1) is 0 Å². The Balaban J connectivity index is 2.13. The molecular formula is C23H17FN3O+. The summed E-state index contributed by atoms with van der Waals surface area (Å²) < 4.78 is 14.7. The van der Waals surface area contributed by atoms with Crippen LogP contribution in [0, 0.1) is 17.1 Å². The van der Waals surface area contributed by atoms with Gasteiger partial charge in [-0.05, 0) is 6.07 Å². The van der Waals surface area contributed by atoms with Gasteiger partial charge < -0.3 is 4.90 Å².